The number of aryl methyl sites for hydroxylation is 1. The van der Waals surface area contributed by atoms with E-state index in [9.17, 15) is 0 Å². The maximum absolute atomic E-state index is 4.95. The molecule has 1 heterocycles. The third-order valence-corrected chi connectivity index (χ3v) is 5.36. The number of rotatable bonds is 2. The Labute approximate surface area is 127 Å². The molecule has 0 bridgehead atoms. The van der Waals surface area contributed by atoms with E-state index in [-0.39, 0.29) is 0 Å². The number of fused-ring (bicyclic) bond motifs is 2. The Morgan fingerprint density at radius 1 is 1.05 bits per heavy atom. The zero-order valence-electron chi connectivity index (χ0n) is 12.9. The first-order valence-corrected chi connectivity index (χ1v) is 8.50. The fourth-order valence-corrected chi connectivity index (χ4v) is 4.24. The highest BCUT2D eigenvalue weighted by atomic mass is 14.9. The highest BCUT2D eigenvalue weighted by Gasteiger charge is 2.20. The average molecular weight is 280 g/mol. The molecular weight excluding hydrogens is 256 g/mol. The predicted octanol–water partition coefficient (Wildman–Crippen LogP) is 4.81. The predicted molar refractivity (Wildman–Crippen MR) is 89.1 cm³/mol. The molecule has 0 aliphatic heterocycles. The van der Waals surface area contributed by atoms with Crippen molar-refractivity contribution in [3.63, 3.8) is 0 Å². The first-order valence-electron chi connectivity index (χ1n) is 8.50. The van der Waals surface area contributed by atoms with Gasteiger partial charge in [-0.25, -0.2) is 0 Å². The Balaban J connectivity index is 1.88. The molecule has 2 aromatic rings. The van der Waals surface area contributed by atoms with E-state index in [2.05, 4.69) is 30.6 Å². The van der Waals surface area contributed by atoms with Crippen LogP contribution in [0.25, 0.3) is 10.9 Å². The van der Waals surface area contributed by atoms with Gasteiger partial charge in [-0.1, -0.05) is 18.9 Å². The van der Waals surface area contributed by atoms with Gasteiger partial charge in [0.2, 0.25) is 0 Å². The third kappa shape index (κ3) is 2.21. The molecule has 0 radical (unpaired) electrons. The summed E-state index contributed by atoms with van der Waals surface area (Å²) in [5.41, 5.74) is 6.83. The van der Waals surface area contributed by atoms with Crippen LogP contribution in [0.5, 0.6) is 0 Å². The molecule has 0 unspecified atom stereocenters. The number of aromatic nitrogens is 1. The zero-order chi connectivity index (χ0) is 14.2. The number of nitrogens with zero attached hydrogens (tertiary/aromatic N) is 1. The maximum atomic E-state index is 4.95. The minimum Gasteiger partial charge on any atom is -0.387 e. The minimum absolute atomic E-state index is 0.773. The summed E-state index contributed by atoms with van der Waals surface area (Å²) in [7, 11) is 2.06. The van der Waals surface area contributed by atoms with Crippen LogP contribution in [0, 0.1) is 0 Å². The maximum Gasteiger partial charge on any atom is 0.0726 e. The van der Waals surface area contributed by atoms with Gasteiger partial charge in [0.1, 0.15) is 0 Å². The van der Waals surface area contributed by atoms with Gasteiger partial charge >= 0.3 is 0 Å². The van der Waals surface area contributed by atoms with Gasteiger partial charge in [0.15, 0.2) is 0 Å². The summed E-state index contributed by atoms with van der Waals surface area (Å²) in [5.74, 6) is 0.773. The van der Waals surface area contributed by atoms with E-state index in [1.54, 1.807) is 0 Å². The van der Waals surface area contributed by atoms with Crippen molar-refractivity contribution >= 4 is 16.6 Å². The zero-order valence-corrected chi connectivity index (χ0v) is 12.9. The topological polar surface area (TPSA) is 24.9 Å². The molecule has 0 amide bonds. The van der Waals surface area contributed by atoms with Gasteiger partial charge in [-0.2, -0.15) is 0 Å². The highest BCUT2D eigenvalue weighted by Crippen LogP contribution is 2.38. The summed E-state index contributed by atoms with van der Waals surface area (Å²) in [6, 6.07) is 6.98. The summed E-state index contributed by atoms with van der Waals surface area (Å²) in [5, 5.41) is 4.81. The smallest absolute Gasteiger partial charge is 0.0726 e. The molecule has 4 rings (SSSR count). The summed E-state index contributed by atoms with van der Waals surface area (Å²) < 4.78 is 0. The van der Waals surface area contributed by atoms with Crippen molar-refractivity contribution in [3.8, 4) is 0 Å². The van der Waals surface area contributed by atoms with Gasteiger partial charge < -0.3 is 5.32 Å². The molecule has 0 atom stereocenters. The first-order chi connectivity index (χ1) is 10.4. The number of nitrogens with one attached hydrogen (secondary N) is 1. The SMILES string of the molecule is CNc1c2c(nc3ccc(C4CCCC4)cc13)CCCC2. The molecule has 110 valence electrons. The summed E-state index contributed by atoms with van der Waals surface area (Å²) >= 11 is 0. The summed E-state index contributed by atoms with van der Waals surface area (Å²) in [6.45, 7) is 0. The molecule has 0 saturated heterocycles. The lowest BCUT2D eigenvalue weighted by molar-refractivity contribution is 0.672. The number of pyridine rings is 1. The molecule has 1 aromatic carbocycles. The largest absolute Gasteiger partial charge is 0.387 e. The molecule has 1 saturated carbocycles. The first kappa shape index (κ1) is 13.1. The Morgan fingerprint density at radius 2 is 1.86 bits per heavy atom. The van der Waals surface area contributed by atoms with Crippen LogP contribution in [-0.2, 0) is 12.8 Å². The third-order valence-electron chi connectivity index (χ3n) is 5.36. The van der Waals surface area contributed by atoms with Crippen LogP contribution < -0.4 is 5.32 Å². The van der Waals surface area contributed by atoms with E-state index in [0.717, 1.165) is 12.3 Å². The number of hydrogen-bond acceptors (Lipinski definition) is 2. The Bertz CT molecular complexity index is 669. The fourth-order valence-electron chi connectivity index (χ4n) is 4.24. The van der Waals surface area contributed by atoms with Crippen molar-refractivity contribution in [2.45, 2.75) is 57.3 Å². The van der Waals surface area contributed by atoms with Crippen LogP contribution in [0.3, 0.4) is 0 Å². The van der Waals surface area contributed by atoms with Gasteiger partial charge in [-0.05, 0) is 67.7 Å². The van der Waals surface area contributed by atoms with E-state index in [4.69, 9.17) is 4.98 Å². The van der Waals surface area contributed by atoms with Crippen molar-refractivity contribution in [1.29, 1.82) is 0 Å². The quantitative estimate of drug-likeness (QED) is 0.853. The van der Waals surface area contributed by atoms with Crippen LogP contribution >= 0.6 is 0 Å². The Morgan fingerprint density at radius 3 is 2.67 bits per heavy atom. The molecule has 21 heavy (non-hydrogen) atoms. The lowest BCUT2D eigenvalue weighted by Crippen LogP contribution is -2.09. The van der Waals surface area contributed by atoms with Gasteiger partial charge in [-0.15, -0.1) is 0 Å². The molecule has 2 aliphatic rings. The summed E-state index contributed by atoms with van der Waals surface area (Å²) in [4.78, 5) is 4.95. The molecule has 1 N–H and O–H groups in total. The average Bonchev–Trinajstić information content (AvgIpc) is 3.06. The molecule has 1 aromatic heterocycles. The van der Waals surface area contributed by atoms with Crippen molar-refractivity contribution in [3.05, 3.63) is 35.0 Å². The Hall–Kier alpha value is -1.57. The van der Waals surface area contributed by atoms with E-state index < -0.39 is 0 Å². The molecule has 0 spiro atoms. The van der Waals surface area contributed by atoms with Crippen LogP contribution in [0.2, 0.25) is 0 Å². The fraction of sp³-hybridized carbons (Fsp3) is 0.526. The Kier molecular flexibility index (Phi) is 3.33. The molecule has 2 aliphatic carbocycles. The standard InChI is InChI=1S/C19H24N2/c1-20-19-15-8-4-5-9-17(15)21-18-11-10-14(12-16(18)19)13-6-2-3-7-13/h10-13H,2-9H2,1H3,(H,20,21). The normalized spacial score (nSPS) is 18.9. The van der Waals surface area contributed by atoms with E-state index >= 15 is 0 Å². The van der Waals surface area contributed by atoms with Crippen molar-refractivity contribution in [2.75, 3.05) is 12.4 Å². The van der Waals surface area contributed by atoms with Gasteiger partial charge in [0.25, 0.3) is 0 Å². The summed E-state index contributed by atoms with van der Waals surface area (Å²) in [6.07, 6.45) is 10.4. The van der Waals surface area contributed by atoms with Crippen LogP contribution in [-0.4, -0.2) is 12.0 Å². The van der Waals surface area contributed by atoms with Gasteiger partial charge in [-0.3, -0.25) is 4.98 Å². The van der Waals surface area contributed by atoms with Crippen molar-refractivity contribution in [2.24, 2.45) is 0 Å². The van der Waals surface area contributed by atoms with Crippen LogP contribution in [0.15, 0.2) is 18.2 Å². The minimum atomic E-state index is 0.773. The monoisotopic (exact) mass is 280 g/mol. The second-order valence-electron chi connectivity index (χ2n) is 6.63. The van der Waals surface area contributed by atoms with E-state index in [0.29, 0.717) is 0 Å². The lowest BCUT2D eigenvalue weighted by Gasteiger charge is -2.21. The number of hydrogen-bond donors (Lipinski definition) is 1. The molecule has 2 nitrogen and oxygen atoms in total. The van der Waals surface area contributed by atoms with Crippen molar-refractivity contribution in [1.82, 2.24) is 4.98 Å². The second kappa shape index (κ2) is 5.32. The second-order valence-corrected chi connectivity index (χ2v) is 6.63. The molecule has 1 fully saturated rings. The van der Waals surface area contributed by atoms with Gasteiger partial charge in [0.05, 0.1) is 5.52 Å². The molecular formula is C19H24N2. The molecule has 2 heteroatoms. The van der Waals surface area contributed by atoms with E-state index in [1.165, 1.54) is 78.4 Å². The van der Waals surface area contributed by atoms with Gasteiger partial charge in [0, 0.05) is 23.8 Å². The number of anilines is 1. The van der Waals surface area contributed by atoms with Crippen LogP contribution in [0.1, 0.15) is 61.3 Å². The number of benzene rings is 1. The van der Waals surface area contributed by atoms with Crippen molar-refractivity contribution < 1.29 is 0 Å². The highest BCUT2D eigenvalue weighted by molar-refractivity contribution is 5.94. The lowest BCUT2D eigenvalue weighted by atomic mass is 9.90. The van der Waals surface area contributed by atoms with Crippen LogP contribution in [0.4, 0.5) is 5.69 Å². The van der Waals surface area contributed by atoms with E-state index in [1.807, 2.05) is 0 Å².